The molecule has 0 aliphatic carbocycles. The van der Waals surface area contributed by atoms with Crippen LogP contribution in [-0.4, -0.2) is 52.3 Å². The van der Waals surface area contributed by atoms with Crippen LogP contribution in [-0.2, 0) is 29.1 Å². The monoisotopic (exact) mass is 399 g/mol. The van der Waals surface area contributed by atoms with E-state index in [1.165, 1.54) is 12.1 Å². The van der Waals surface area contributed by atoms with Crippen molar-refractivity contribution in [1.29, 1.82) is 0 Å². The van der Waals surface area contributed by atoms with E-state index in [-0.39, 0.29) is 30.4 Å². The zero-order valence-electron chi connectivity index (χ0n) is 14.8. The van der Waals surface area contributed by atoms with Crippen molar-refractivity contribution in [3.8, 4) is 11.5 Å². The molecule has 3 rings (SSSR count). The minimum absolute atomic E-state index is 0.0121. The standard InChI is InChI=1S/C17H21NO8S/c1-11-9-15(17(20)25-11)26-16(19)3-2-6-18-27(21,22)12-4-5-13-14(10-12)24-8-7-23-13/h4-5,10-11,15,18H,2-3,6-9H2,1H3. The van der Waals surface area contributed by atoms with Gasteiger partial charge in [-0.3, -0.25) is 4.79 Å². The summed E-state index contributed by atoms with van der Waals surface area (Å²) >= 11 is 0. The third kappa shape index (κ3) is 4.89. The lowest BCUT2D eigenvalue weighted by Gasteiger charge is -2.18. The fraction of sp³-hybridized carbons (Fsp3) is 0.529. The Hall–Kier alpha value is -2.33. The fourth-order valence-electron chi connectivity index (χ4n) is 2.75. The van der Waals surface area contributed by atoms with Crippen LogP contribution in [0.5, 0.6) is 11.5 Å². The maximum atomic E-state index is 12.3. The summed E-state index contributed by atoms with van der Waals surface area (Å²) in [4.78, 5) is 23.3. The number of nitrogens with one attached hydrogen (secondary N) is 1. The molecule has 1 fully saturated rings. The number of fused-ring (bicyclic) bond motifs is 1. The summed E-state index contributed by atoms with van der Waals surface area (Å²) in [6, 6.07) is 4.37. The van der Waals surface area contributed by atoms with Crippen LogP contribution >= 0.6 is 0 Å². The highest BCUT2D eigenvalue weighted by atomic mass is 32.2. The Balaban J connectivity index is 1.45. The van der Waals surface area contributed by atoms with Gasteiger partial charge in [-0.05, 0) is 25.5 Å². The van der Waals surface area contributed by atoms with Crippen molar-refractivity contribution in [3.05, 3.63) is 18.2 Å². The molecule has 0 aromatic heterocycles. The molecule has 0 radical (unpaired) electrons. The largest absolute Gasteiger partial charge is 0.486 e. The van der Waals surface area contributed by atoms with E-state index < -0.39 is 28.1 Å². The first-order valence-electron chi connectivity index (χ1n) is 8.64. The average molecular weight is 399 g/mol. The van der Waals surface area contributed by atoms with Gasteiger partial charge in [0.15, 0.2) is 11.5 Å². The maximum Gasteiger partial charge on any atom is 0.347 e. The molecule has 2 heterocycles. The van der Waals surface area contributed by atoms with Crippen molar-refractivity contribution in [2.75, 3.05) is 19.8 Å². The molecule has 2 aliphatic heterocycles. The van der Waals surface area contributed by atoms with E-state index in [4.69, 9.17) is 18.9 Å². The van der Waals surface area contributed by atoms with E-state index in [0.717, 1.165) is 0 Å². The predicted molar refractivity (Wildman–Crippen MR) is 91.9 cm³/mol. The average Bonchev–Trinajstić information content (AvgIpc) is 2.95. The number of rotatable bonds is 7. The molecule has 1 N–H and O–H groups in total. The number of hydrogen-bond acceptors (Lipinski definition) is 8. The number of cyclic esters (lactones) is 1. The van der Waals surface area contributed by atoms with Crippen LogP contribution in [0.15, 0.2) is 23.1 Å². The zero-order valence-corrected chi connectivity index (χ0v) is 15.6. The van der Waals surface area contributed by atoms with Crippen molar-refractivity contribution in [2.24, 2.45) is 0 Å². The van der Waals surface area contributed by atoms with E-state index in [1.807, 2.05) is 0 Å². The van der Waals surface area contributed by atoms with Gasteiger partial charge in [0.05, 0.1) is 4.90 Å². The topological polar surface area (TPSA) is 117 Å². The highest BCUT2D eigenvalue weighted by Gasteiger charge is 2.34. The van der Waals surface area contributed by atoms with Gasteiger partial charge >= 0.3 is 11.9 Å². The Bertz CT molecular complexity index is 822. The fourth-order valence-corrected chi connectivity index (χ4v) is 3.84. The van der Waals surface area contributed by atoms with Gasteiger partial charge < -0.3 is 18.9 Å². The van der Waals surface area contributed by atoms with Crippen LogP contribution in [0.3, 0.4) is 0 Å². The van der Waals surface area contributed by atoms with Gasteiger partial charge in [0.1, 0.15) is 19.3 Å². The molecule has 2 atom stereocenters. The van der Waals surface area contributed by atoms with Gasteiger partial charge in [-0.1, -0.05) is 0 Å². The van der Waals surface area contributed by atoms with E-state index in [9.17, 15) is 18.0 Å². The molecular formula is C17H21NO8S. The first-order chi connectivity index (χ1) is 12.8. The number of carbonyl (C=O) groups is 2. The molecule has 0 amide bonds. The van der Waals surface area contributed by atoms with Crippen LogP contribution in [0, 0.1) is 0 Å². The summed E-state index contributed by atoms with van der Waals surface area (Å²) in [6.07, 6.45) is -0.585. The summed E-state index contributed by atoms with van der Waals surface area (Å²) in [5, 5.41) is 0. The Labute approximate surface area is 157 Å². The van der Waals surface area contributed by atoms with Crippen molar-refractivity contribution in [2.45, 2.75) is 43.3 Å². The Morgan fingerprint density at radius 2 is 2.00 bits per heavy atom. The molecule has 10 heteroatoms. The summed E-state index contributed by atoms with van der Waals surface area (Å²) in [5.41, 5.74) is 0. The second kappa shape index (κ2) is 8.13. The second-order valence-corrected chi connectivity index (χ2v) is 8.04. The molecule has 1 aromatic carbocycles. The van der Waals surface area contributed by atoms with Gasteiger partial charge in [-0.25, -0.2) is 17.9 Å². The number of esters is 2. The number of sulfonamides is 1. The summed E-state index contributed by atoms with van der Waals surface area (Å²) < 4.78 is 47.8. The van der Waals surface area contributed by atoms with E-state index in [0.29, 0.717) is 31.1 Å². The van der Waals surface area contributed by atoms with Crippen LogP contribution in [0.4, 0.5) is 0 Å². The summed E-state index contributed by atoms with van der Waals surface area (Å²) in [6.45, 7) is 2.56. The van der Waals surface area contributed by atoms with Crippen molar-refractivity contribution in [1.82, 2.24) is 4.72 Å². The molecule has 2 aliphatic rings. The number of benzene rings is 1. The molecule has 1 aromatic rings. The van der Waals surface area contributed by atoms with Crippen LogP contribution in [0.2, 0.25) is 0 Å². The van der Waals surface area contributed by atoms with Crippen molar-refractivity contribution in [3.63, 3.8) is 0 Å². The third-order valence-corrected chi connectivity index (χ3v) is 5.53. The molecule has 2 unspecified atom stereocenters. The number of hydrogen-bond donors (Lipinski definition) is 1. The Kier molecular flexibility index (Phi) is 5.85. The van der Waals surface area contributed by atoms with Gasteiger partial charge in [0.25, 0.3) is 0 Å². The van der Waals surface area contributed by atoms with Crippen LogP contribution in [0.1, 0.15) is 26.2 Å². The summed E-state index contributed by atoms with van der Waals surface area (Å²) in [5.74, 6) is -0.229. The molecule has 0 spiro atoms. The molecule has 1 saturated heterocycles. The second-order valence-electron chi connectivity index (χ2n) is 6.27. The van der Waals surface area contributed by atoms with E-state index in [2.05, 4.69) is 4.72 Å². The zero-order chi connectivity index (χ0) is 19.4. The molecule has 148 valence electrons. The van der Waals surface area contributed by atoms with Gasteiger partial charge in [-0.2, -0.15) is 0 Å². The highest BCUT2D eigenvalue weighted by Crippen LogP contribution is 2.32. The van der Waals surface area contributed by atoms with Gasteiger partial charge in [0.2, 0.25) is 16.1 Å². The van der Waals surface area contributed by atoms with E-state index >= 15 is 0 Å². The Morgan fingerprint density at radius 1 is 1.26 bits per heavy atom. The first-order valence-corrected chi connectivity index (χ1v) is 10.1. The van der Waals surface area contributed by atoms with Gasteiger partial charge in [0, 0.05) is 25.5 Å². The first kappa shape index (κ1) is 19.4. The minimum Gasteiger partial charge on any atom is -0.486 e. The quantitative estimate of drug-likeness (QED) is 0.528. The van der Waals surface area contributed by atoms with Crippen LogP contribution in [0.25, 0.3) is 0 Å². The summed E-state index contributed by atoms with van der Waals surface area (Å²) in [7, 11) is -3.74. The molecular weight excluding hydrogens is 378 g/mol. The van der Waals surface area contributed by atoms with Crippen molar-refractivity contribution >= 4 is 22.0 Å². The normalized spacial score (nSPS) is 21.6. The SMILES string of the molecule is CC1CC(OC(=O)CCCNS(=O)(=O)c2ccc3c(c2)OCCO3)C(=O)O1. The van der Waals surface area contributed by atoms with Crippen LogP contribution < -0.4 is 14.2 Å². The maximum absolute atomic E-state index is 12.3. The Morgan fingerprint density at radius 3 is 2.70 bits per heavy atom. The lowest BCUT2D eigenvalue weighted by atomic mass is 10.2. The lowest BCUT2D eigenvalue weighted by Crippen LogP contribution is -2.27. The number of ether oxygens (including phenoxy) is 4. The molecule has 0 saturated carbocycles. The third-order valence-electron chi connectivity index (χ3n) is 4.07. The smallest absolute Gasteiger partial charge is 0.347 e. The molecule has 0 bridgehead atoms. The van der Waals surface area contributed by atoms with E-state index in [1.54, 1.807) is 13.0 Å². The highest BCUT2D eigenvalue weighted by molar-refractivity contribution is 7.89. The molecule has 27 heavy (non-hydrogen) atoms. The van der Waals surface area contributed by atoms with Crippen molar-refractivity contribution < 1.29 is 37.0 Å². The predicted octanol–water partition coefficient (Wildman–Crippen LogP) is 0.763. The number of carbonyl (C=O) groups excluding carboxylic acids is 2. The molecule has 9 nitrogen and oxygen atoms in total. The lowest BCUT2D eigenvalue weighted by molar-refractivity contribution is -0.160. The minimum atomic E-state index is -3.74. The van der Waals surface area contributed by atoms with Gasteiger partial charge in [-0.15, -0.1) is 0 Å².